The molecule has 1 aliphatic heterocycles. The highest BCUT2D eigenvalue weighted by Gasteiger charge is 2.36. The average Bonchev–Trinajstić information content (AvgIpc) is 3.15. The van der Waals surface area contributed by atoms with Crippen LogP contribution in [0.15, 0.2) is 11.2 Å². The summed E-state index contributed by atoms with van der Waals surface area (Å²) in [7, 11) is -3.48. The topological polar surface area (TPSA) is 95.3 Å². The molecule has 0 unspecified atom stereocenters. The van der Waals surface area contributed by atoms with Crippen LogP contribution < -0.4 is 5.73 Å². The van der Waals surface area contributed by atoms with E-state index < -0.39 is 10.0 Å². The number of nitrogens with zero attached hydrogens (tertiary/aromatic N) is 3. The zero-order valence-corrected chi connectivity index (χ0v) is 11.6. The van der Waals surface area contributed by atoms with Gasteiger partial charge in [-0.2, -0.15) is 9.40 Å². The standard InChI is InChI=1S/C11H19N5O2S/c12-7-9-8-13-14-11(9)19(17,18)16-5-3-15(4-6-16)10-1-2-10/h8,10H,1-7,12H2,(H,13,14). The summed E-state index contributed by atoms with van der Waals surface area (Å²) in [6.45, 7) is 2.89. The van der Waals surface area contributed by atoms with Crippen molar-refractivity contribution < 1.29 is 8.42 Å². The number of hydrogen-bond donors (Lipinski definition) is 2. The number of piperazine rings is 1. The Morgan fingerprint density at radius 3 is 2.58 bits per heavy atom. The SMILES string of the molecule is NCc1cn[nH]c1S(=O)(=O)N1CCN(C2CC2)CC1. The van der Waals surface area contributed by atoms with Gasteiger partial charge < -0.3 is 5.73 Å². The van der Waals surface area contributed by atoms with Crippen molar-refractivity contribution in [1.29, 1.82) is 0 Å². The molecular formula is C11H19N5O2S. The van der Waals surface area contributed by atoms with Gasteiger partial charge in [0.1, 0.15) is 0 Å². The van der Waals surface area contributed by atoms with E-state index in [1.54, 1.807) is 0 Å². The normalized spacial score (nSPS) is 22.8. The van der Waals surface area contributed by atoms with Crippen LogP contribution in [0.4, 0.5) is 0 Å². The molecule has 1 aliphatic carbocycles. The van der Waals surface area contributed by atoms with Crippen LogP contribution in [-0.2, 0) is 16.6 Å². The number of H-pyrrole nitrogens is 1. The highest BCUT2D eigenvalue weighted by molar-refractivity contribution is 7.89. The van der Waals surface area contributed by atoms with Crippen LogP contribution in [0.3, 0.4) is 0 Å². The van der Waals surface area contributed by atoms with Crippen LogP contribution in [0.25, 0.3) is 0 Å². The van der Waals surface area contributed by atoms with Gasteiger partial charge >= 0.3 is 0 Å². The summed E-state index contributed by atoms with van der Waals surface area (Å²) < 4.78 is 26.5. The molecule has 19 heavy (non-hydrogen) atoms. The van der Waals surface area contributed by atoms with E-state index in [-0.39, 0.29) is 11.6 Å². The molecular weight excluding hydrogens is 266 g/mol. The molecule has 7 nitrogen and oxygen atoms in total. The molecule has 1 saturated carbocycles. The van der Waals surface area contributed by atoms with E-state index in [1.807, 2.05) is 0 Å². The van der Waals surface area contributed by atoms with Crippen LogP contribution in [0.1, 0.15) is 18.4 Å². The Bertz CT molecular complexity index is 543. The Kier molecular flexibility index (Phi) is 3.34. The summed E-state index contributed by atoms with van der Waals surface area (Å²) in [4.78, 5) is 2.38. The first-order valence-electron chi connectivity index (χ1n) is 6.59. The molecule has 3 rings (SSSR count). The number of rotatable bonds is 4. The number of nitrogens with one attached hydrogen (secondary N) is 1. The maximum absolute atomic E-state index is 12.5. The van der Waals surface area contributed by atoms with Crippen molar-refractivity contribution in [2.24, 2.45) is 5.73 Å². The van der Waals surface area contributed by atoms with E-state index in [9.17, 15) is 8.42 Å². The van der Waals surface area contributed by atoms with Crippen molar-refractivity contribution in [3.63, 3.8) is 0 Å². The second-order valence-electron chi connectivity index (χ2n) is 5.10. The molecule has 0 atom stereocenters. The van der Waals surface area contributed by atoms with Gasteiger partial charge in [-0.1, -0.05) is 0 Å². The molecule has 3 N–H and O–H groups in total. The fourth-order valence-electron chi connectivity index (χ4n) is 2.55. The second-order valence-corrected chi connectivity index (χ2v) is 6.97. The first kappa shape index (κ1) is 13.0. The van der Waals surface area contributed by atoms with Crippen LogP contribution in [-0.4, -0.2) is 60.0 Å². The summed E-state index contributed by atoms with van der Waals surface area (Å²) in [6.07, 6.45) is 3.99. The Labute approximate surface area is 112 Å². The highest BCUT2D eigenvalue weighted by atomic mass is 32.2. The maximum atomic E-state index is 12.5. The quantitative estimate of drug-likeness (QED) is 0.765. The zero-order valence-electron chi connectivity index (χ0n) is 10.7. The van der Waals surface area contributed by atoms with Crippen LogP contribution in [0.2, 0.25) is 0 Å². The van der Waals surface area contributed by atoms with Gasteiger partial charge in [-0.25, -0.2) is 8.42 Å². The van der Waals surface area contributed by atoms with E-state index in [1.165, 1.54) is 23.3 Å². The molecule has 2 fully saturated rings. The lowest BCUT2D eigenvalue weighted by molar-refractivity contribution is 0.180. The molecule has 8 heteroatoms. The van der Waals surface area contributed by atoms with Gasteiger partial charge in [0, 0.05) is 44.3 Å². The lowest BCUT2D eigenvalue weighted by Crippen LogP contribution is -2.49. The summed E-state index contributed by atoms with van der Waals surface area (Å²) >= 11 is 0. The van der Waals surface area contributed by atoms with Gasteiger partial charge in [-0.3, -0.25) is 10.00 Å². The number of nitrogens with two attached hydrogens (primary N) is 1. The van der Waals surface area contributed by atoms with E-state index in [4.69, 9.17) is 5.73 Å². The van der Waals surface area contributed by atoms with E-state index >= 15 is 0 Å². The summed E-state index contributed by atoms with van der Waals surface area (Å²) in [5.74, 6) is 0. The fraction of sp³-hybridized carbons (Fsp3) is 0.727. The molecule has 106 valence electrons. The molecule has 2 aliphatic rings. The van der Waals surface area contributed by atoms with Gasteiger partial charge in [-0.15, -0.1) is 0 Å². The minimum atomic E-state index is -3.48. The van der Waals surface area contributed by atoms with Crippen LogP contribution in [0.5, 0.6) is 0 Å². The number of sulfonamides is 1. The number of aromatic nitrogens is 2. The van der Waals surface area contributed by atoms with E-state index in [0.29, 0.717) is 24.7 Å². The predicted octanol–water partition coefficient (Wildman–Crippen LogP) is -0.663. The van der Waals surface area contributed by atoms with Gasteiger partial charge in [0.15, 0.2) is 5.03 Å². The van der Waals surface area contributed by atoms with Crippen molar-refractivity contribution >= 4 is 10.0 Å². The molecule has 0 amide bonds. The number of hydrogen-bond acceptors (Lipinski definition) is 5. The van der Waals surface area contributed by atoms with Gasteiger partial charge in [0.05, 0.1) is 6.20 Å². The van der Waals surface area contributed by atoms with E-state index in [2.05, 4.69) is 15.1 Å². The van der Waals surface area contributed by atoms with E-state index in [0.717, 1.165) is 13.1 Å². The molecule has 0 bridgehead atoms. The first-order valence-corrected chi connectivity index (χ1v) is 8.03. The molecule has 1 aromatic heterocycles. The Balaban J connectivity index is 1.74. The summed E-state index contributed by atoms with van der Waals surface area (Å²) in [6, 6.07) is 0.691. The third-order valence-electron chi connectivity index (χ3n) is 3.83. The molecule has 2 heterocycles. The Morgan fingerprint density at radius 1 is 1.32 bits per heavy atom. The third kappa shape index (κ3) is 2.40. The average molecular weight is 285 g/mol. The van der Waals surface area contributed by atoms with Gasteiger partial charge in [0.2, 0.25) is 0 Å². The smallest absolute Gasteiger partial charge is 0.260 e. The molecule has 0 aromatic carbocycles. The lowest BCUT2D eigenvalue weighted by Gasteiger charge is -2.33. The minimum Gasteiger partial charge on any atom is -0.326 e. The second kappa shape index (κ2) is 4.86. The largest absolute Gasteiger partial charge is 0.326 e. The van der Waals surface area contributed by atoms with Crippen LogP contribution >= 0.6 is 0 Å². The van der Waals surface area contributed by atoms with Crippen molar-refractivity contribution in [2.75, 3.05) is 26.2 Å². The predicted molar refractivity (Wildman–Crippen MR) is 69.8 cm³/mol. The Morgan fingerprint density at radius 2 is 2.00 bits per heavy atom. The van der Waals surface area contributed by atoms with Gasteiger partial charge in [0.25, 0.3) is 10.0 Å². The van der Waals surface area contributed by atoms with Crippen LogP contribution in [0, 0.1) is 0 Å². The monoisotopic (exact) mass is 285 g/mol. The van der Waals surface area contributed by atoms with Crippen molar-refractivity contribution in [2.45, 2.75) is 30.5 Å². The maximum Gasteiger partial charge on any atom is 0.260 e. The molecule has 1 saturated heterocycles. The van der Waals surface area contributed by atoms with Gasteiger partial charge in [-0.05, 0) is 12.8 Å². The molecule has 0 radical (unpaired) electrons. The molecule has 1 aromatic rings. The van der Waals surface area contributed by atoms with Crippen molar-refractivity contribution in [3.8, 4) is 0 Å². The summed E-state index contributed by atoms with van der Waals surface area (Å²) in [5.41, 5.74) is 6.09. The fourth-order valence-corrected chi connectivity index (χ4v) is 4.08. The summed E-state index contributed by atoms with van der Waals surface area (Å²) in [5, 5.41) is 6.50. The Hall–Kier alpha value is -0.960. The lowest BCUT2D eigenvalue weighted by atomic mass is 10.3. The molecule has 0 spiro atoms. The highest BCUT2D eigenvalue weighted by Crippen LogP contribution is 2.28. The van der Waals surface area contributed by atoms with Crippen molar-refractivity contribution in [3.05, 3.63) is 11.8 Å². The minimum absolute atomic E-state index is 0.148. The third-order valence-corrected chi connectivity index (χ3v) is 5.75. The number of aromatic amines is 1. The first-order chi connectivity index (χ1) is 9.13. The zero-order chi connectivity index (χ0) is 13.5. The van der Waals surface area contributed by atoms with Crippen molar-refractivity contribution in [1.82, 2.24) is 19.4 Å².